The number of nitrogens with zero attached hydrogens (tertiary/aromatic N) is 1. The van der Waals surface area contributed by atoms with E-state index >= 15 is 0 Å². The number of benzene rings is 1. The first-order chi connectivity index (χ1) is 9.04. The first-order valence-corrected chi connectivity index (χ1v) is 7.80. The maximum atomic E-state index is 12.3. The highest BCUT2D eigenvalue weighted by Crippen LogP contribution is 2.20. The lowest BCUT2D eigenvalue weighted by Gasteiger charge is -2.29. The van der Waals surface area contributed by atoms with Crippen LogP contribution < -0.4 is 10.5 Å². The van der Waals surface area contributed by atoms with Crippen molar-refractivity contribution < 1.29 is 8.42 Å². The first-order valence-electron chi connectivity index (χ1n) is 6.31. The van der Waals surface area contributed by atoms with E-state index in [0.717, 1.165) is 25.7 Å². The van der Waals surface area contributed by atoms with E-state index in [-0.39, 0.29) is 22.5 Å². The van der Waals surface area contributed by atoms with Crippen molar-refractivity contribution in [2.75, 3.05) is 0 Å². The minimum atomic E-state index is -3.69. The summed E-state index contributed by atoms with van der Waals surface area (Å²) in [6.45, 7) is 0. The second kappa shape index (κ2) is 5.70. The van der Waals surface area contributed by atoms with Gasteiger partial charge in [-0.05, 0) is 25.0 Å². The Kier molecular flexibility index (Phi) is 4.20. The third-order valence-electron chi connectivity index (χ3n) is 3.42. The van der Waals surface area contributed by atoms with E-state index in [4.69, 9.17) is 11.0 Å². The van der Waals surface area contributed by atoms with Gasteiger partial charge in [-0.3, -0.25) is 0 Å². The smallest absolute Gasteiger partial charge is 0.242 e. The third kappa shape index (κ3) is 3.13. The second-order valence-electron chi connectivity index (χ2n) is 4.78. The minimum absolute atomic E-state index is 0.0234. The summed E-state index contributed by atoms with van der Waals surface area (Å²) in [4.78, 5) is 0.0234. The van der Waals surface area contributed by atoms with Crippen LogP contribution in [0.4, 0.5) is 0 Å². The molecule has 0 aromatic heterocycles. The zero-order chi connectivity index (χ0) is 13.9. The van der Waals surface area contributed by atoms with Crippen LogP contribution in [0.5, 0.6) is 0 Å². The van der Waals surface area contributed by atoms with Gasteiger partial charge in [-0.15, -0.1) is 0 Å². The largest absolute Gasteiger partial charge is 0.326 e. The summed E-state index contributed by atoms with van der Waals surface area (Å²) in [5, 5.41) is 8.97. The lowest BCUT2D eigenvalue weighted by Crippen LogP contribution is -2.49. The molecule has 0 aliphatic heterocycles. The summed E-state index contributed by atoms with van der Waals surface area (Å²) >= 11 is 0. The summed E-state index contributed by atoms with van der Waals surface area (Å²) in [5.74, 6) is 0. The number of rotatable bonds is 3. The van der Waals surface area contributed by atoms with Crippen molar-refractivity contribution in [3.8, 4) is 6.07 Å². The van der Waals surface area contributed by atoms with Crippen molar-refractivity contribution in [1.82, 2.24) is 4.72 Å². The van der Waals surface area contributed by atoms with Gasteiger partial charge in [0.25, 0.3) is 0 Å². The fraction of sp³-hybridized carbons (Fsp3) is 0.462. The lowest BCUT2D eigenvalue weighted by atomic mass is 9.92. The molecule has 0 saturated heterocycles. The van der Waals surface area contributed by atoms with E-state index in [9.17, 15) is 8.42 Å². The number of nitriles is 1. The van der Waals surface area contributed by atoms with E-state index in [1.807, 2.05) is 6.07 Å². The van der Waals surface area contributed by atoms with Crippen LogP contribution in [0.25, 0.3) is 0 Å². The van der Waals surface area contributed by atoms with E-state index in [2.05, 4.69) is 4.72 Å². The topological polar surface area (TPSA) is 96.0 Å². The van der Waals surface area contributed by atoms with Crippen LogP contribution in [0.1, 0.15) is 31.2 Å². The molecule has 2 unspecified atom stereocenters. The zero-order valence-electron chi connectivity index (χ0n) is 10.5. The van der Waals surface area contributed by atoms with Crippen molar-refractivity contribution in [3.05, 3.63) is 29.8 Å². The van der Waals surface area contributed by atoms with Gasteiger partial charge in [0.05, 0.1) is 10.5 Å². The van der Waals surface area contributed by atoms with Crippen LogP contribution in [0.15, 0.2) is 29.2 Å². The fourth-order valence-electron chi connectivity index (χ4n) is 2.36. The van der Waals surface area contributed by atoms with Gasteiger partial charge in [0, 0.05) is 12.1 Å². The summed E-state index contributed by atoms with van der Waals surface area (Å²) in [7, 11) is -3.69. The second-order valence-corrected chi connectivity index (χ2v) is 6.47. The highest BCUT2D eigenvalue weighted by molar-refractivity contribution is 7.89. The van der Waals surface area contributed by atoms with Gasteiger partial charge in [0.2, 0.25) is 10.0 Å². The molecule has 2 rings (SSSR count). The van der Waals surface area contributed by atoms with Gasteiger partial charge >= 0.3 is 0 Å². The molecular formula is C13H17N3O2S. The summed E-state index contributed by atoms with van der Waals surface area (Å²) in [6, 6.07) is 7.69. The van der Waals surface area contributed by atoms with E-state index in [0.29, 0.717) is 0 Å². The molecule has 2 atom stereocenters. The van der Waals surface area contributed by atoms with Gasteiger partial charge in [-0.25, -0.2) is 13.1 Å². The summed E-state index contributed by atoms with van der Waals surface area (Å²) in [5.41, 5.74) is 6.10. The molecule has 0 radical (unpaired) electrons. The highest BCUT2D eigenvalue weighted by Gasteiger charge is 2.28. The Hall–Kier alpha value is -1.42. The van der Waals surface area contributed by atoms with Crippen molar-refractivity contribution in [2.24, 2.45) is 5.73 Å². The molecule has 1 aromatic carbocycles. The Balaban J connectivity index is 2.25. The molecule has 5 nitrogen and oxygen atoms in total. The molecule has 6 heteroatoms. The Morgan fingerprint density at radius 1 is 1.26 bits per heavy atom. The molecule has 1 fully saturated rings. The van der Waals surface area contributed by atoms with E-state index in [1.54, 1.807) is 12.1 Å². The standard InChI is InChI=1S/C13H17N3O2S/c14-9-10-5-1-4-8-13(10)19(17,18)16-12-7-3-2-6-11(12)15/h1,4-5,8,11-12,16H,2-3,6-7,15H2. The minimum Gasteiger partial charge on any atom is -0.326 e. The highest BCUT2D eigenvalue weighted by atomic mass is 32.2. The first kappa shape index (κ1) is 14.0. The normalized spacial score (nSPS) is 23.8. The average molecular weight is 279 g/mol. The Morgan fingerprint density at radius 2 is 1.95 bits per heavy atom. The molecule has 0 bridgehead atoms. The molecule has 0 heterocycles. The summed E-state index contributed by atoms with van der Waals surface area (Å²) < 4.78 is 27.2. The molecule has 102 valence electrons. The maximum Gasteiger partial charge on any atom is 0.242 e. The molecule has 1 aliphatic rings. The Labute approximate surface area is 113 Å². The van der Waals surface area contributed by atoms with Crippen LogP contribution >= 0.6 is 0 Å². The van der Waals surface area contributed by atoms with Gasteiger partial charge in [0.15, 0.2) is 0 Å². The quantitative estimate of drug-likeness (QED) is 0.866. The molecule has 1 aromatic rings. The molecule has 1 saturated carbocycles. The number of hydrogen-bond acceptors (Lipinski definition) is 4. The maximum absolute atomic E-state index is 12.3. The average Bonchev–Trinajstić information content (AvgIpc) is 2.41. The summed E-state index contributed by atoms with van der Waals surface area (Å²) in [6.07, 6.45) is 3.58. The van der Waals surface area contributed by atoms with Crippen LogP contribution in [0, 0.1) is 11.3 Å². The van der Waals surface area contributed by atoms with Crippen molar-refractivity contribution in [2.45, 2.75) is 42.7 Å². The van der Waals surface area contributed by atoms with Crippen LogP contribution in [0.3, 0.4) is 0 Å². The van der Waals surface area contributed by atoms with Crippen LogP contribution in [0.2, 0.25) is 0 Å². The number of nitrogens with one attached hydrogen (secondary N) is 1. The molecule has 19 heavy (non-hydrogen) atoms. The van der Waals surface area contributed by atoms with Gasteiger partial charge in [-0.1, -0.05) is 25.0 Å². The molecule has 3 N–H and O–H groups in total. The van der Waals surface area contributed by atoms with E-state index in [1.165, 1.54) is 12.1 Å². The molecule has 1 aliphatic carbocycles. The third-order valence-corrected chi connectivity index (χ3v) is 4.97. The fourth-order valence-corrected chi connectivity index (χ4v) is 3.84. The molecule has 0 spiro atoms. The number of hydrogen-bond donors (Lipinski definition) is 2. The van der Waals surface area contributed by atoms with Gasteiger partial charge in [0.1, 0.15) is 6.07 Å². The van der Waals surface area contributed by atoms with Gasteiger partial charge < -0.3 is 5.73 Å². The van der Waals surface area contributed by atoms with Crippen molar-refractivity contribution in [3.63, 3.8) is 0 Å². The van der Waals surface area contributed by atoms with Crippen molar-refractivity contribution in [1.29, 1.82) is 5.26 Å². The predicted octanol–water partition coefficient (Wildman–Crippen LogP) is 1.11. The van der Waals surface area contributed by atoms with Crippen LogP contribution in [-0.4, -0.2) is 20.5 Å². The molecule has 0 amide bonds. The zero-order valence-corrected chi connectivity index (χ0v) is 11.4. The number of sulfonamides is 1. The monoisotopic (exact) mass is 279 g/mol. The lowest BCUT2D eigenvalue weighted by molar-refractivity contribution is 0.361. The Morgan fingerprint density at radius 3 is 2.63 bits per heavy atom. The van der Waals surface area contributed by atoms with Crippen molar-refractivity contribution >= 4 is 10.0 Å². The molecular weight excluding hydrogens is 262 g/mol. The van der Waals surface area contributed by atoms with E-state index < -0.39 is 10.0 Å². The SMILES string of the molecule is N#Cc1ccccc1S(=O)(=O)NC1CCCCC1N. The van der Waals surface area contributed by atoms with Gasteiger partial charge in [-0.2, -0.15) is 5.26 Å². The number of nitrogens with two attached hydrogens (primary N) is 1. The van der Waals surface area contributed by atoms with Crippen LogP contribution in [-0.2, 0) is 10.0 Å². The Bertz CT molecular complexity index is 592. The predicted molar refractivity (Wildman–Crippen MR) is 71.7 cm³/mol.